The molecule has 6 nitrogen and oxygen atoms in total. The molecule has 0 rings (SSSR count). The molecule has 0 aliphatic heterocycles. The van der Waals surface area contributed by atoms with E-state index in [1.165, 1.54) is 103 Å². The van der Waals surface area contributed by atoms with Crippen molar-refractivity contribution >= 4 is 17.9 Å². The molecule has 0 saturated carbocycles. The normalized spacial score (nSPS) is 13.2. The molecule has 0 saturated heterocycles. The number of carbonyl (C=O) groups excluding carboxylic acids is 3. The van der Waals surface area contributed by atoms with Crippen molar-refractivity contribution in [3.63, 3.8) is 0 Å². The van der Waals surface area contributed by atoms with E-state index in [9.17, 15) is 14.4 Å². The highest BCUT2D eigenvalue weighted by Crippen LogP contribution is 2.16. The summed E-state index contributed by atoms with van der Waals surface area (Å²) >= 11 is 0. The third-order valence-corrected chi connectivity index (χ3v) is 12.3. The molecule has 0 aromatic carbocycles. The van der Waals surface area contributed by atoms with Crippen LogP contribution in [0.25, 0.3) is 0 Å². The molecule has 0 aromatic rings. The van der Waals surface area contributed by atoms with Crippen LogP contribution in [0.15, 0.2) is 146 Å². The van der Waals surface area contributed by atoms with Crippen LogP contribution in [0.4, 0.5) is 0 Å². The summed E-state index contributed by atoms with van der Waals surface area (Å²) in [7, 11) is 0. The highest BCUT2D eigenvalue weighted by Gasteiger charge is 2.19. The van der Waals surface area contributed by atoms with Gasteiger partial charge >= 0.3 is 17.9 Å². The predicted molar refractivity (Wildman–Crippen MR) is 325 cm³/mol. The van der Waals surface area contributed by atoms with Gasteiger partial charge in [-0.25, -0.2) is 0 Å². The zero-order valence-corrected chi connectivity index (χ0v) is 48.3. The van der Waals surface area contributed by atoms with Crippen molar-refractivity contribution in [1.29, 1.82) is 0 Å². The number of hydrogen-bond acceptors (Lipinski definition) is 6. The number of esters is 3. The minimum Gasteiger partial charge on any atom is -0.462 e. The van der Waals surface area contributed by atoms with Crippen LogP contribution in [0.3, 0.4) is 0 Å². The van der Waals surface area contributed by atoms with E-state index in [1.807, 2.05) is 24.3 Å². The fourth-order valence-corrected chi connectivity index (χ4v) is 7.93. The average Bonchev–Trinajstić information content (AvgIpc) is 3.41. The molecule has 422 valence electrons. The molecule has 1 atom stereocenters. The van der Waals surface area contributed by atoms with E-state index in [4.69, 9.17) is 14.2 Å². The van der Waals surface area contributed by atoms with Gasteiger partial charge in [-0.3, -0.25) is 14.4 Å². The summed E-state index contributed by atoms with van der Waals surface area (Å²) in [6.45, 7) is 6.16. The Hall–Kier alpha value is -4.71. The van der Waals surface area contributed by atoms with Crippen LogP contribution >= 0.6 is 0 Å². The van der Waals surface area contributed by atoms with Gasteiger partial charge in [-0.1, -0.05) is 269 Å². The largest absolute Gasteiger partial charge is 0.462 e. The second-order valence-electron chi connectivity index (χ2n) is 19.5. The van der Waals surface area contributed by atoms with Gasteiger partial charge in [0.05, 0.1) is 0 Å². The van der Waals surface area contributed by atoms with Crippen molar-refractivity contribution in [3.8, 4) is 0 Å². The van der Waals surface area contributed by atoms with Crippen molar-refractivity contribution in [1.82, 2.24) is 0 Å². The third-order valence-electron chi connectivity index (χ3n) is 12.3. The molecule has 0 radical (unpaired) electrons. The lowest BCUT2D eigenvalue weighted by Gasteiger charge is -2.18. The predicted octanol–water partition coefficient (Wildman–Crippen LogP) is 20.8. The Bertz CT molecular complexity index is 1660. The molecule has 75 heavy (non-hydrogen) atoms. The first kappa shape index (κ1) is 70.3. The molecule has 1 unspecified atom stereocenters. The average molecular weight is 1040 g/mol. The Morgan fingerprint density at radius 3 is 0.827 bits per heavy atom. The molecule has 0 aromatic heterocycles. The van der Waals surface area contributed by atoms with Crippen LogP contribution in [0.1, 0.15) is 252 Å². The van der Waals surface area contributed by atoms with Crippen LogP contribution in [0.5, 0.6) is 0 Å². The van der Waals surface area contributed by atoms with Crippen LogP contribution < -0.4 is 0 Å². The molecule has 0 N–H and O–H groups in total. The van der Waals surface area contributed by atoms with Gasteiger partial charge in [0.1, 0.15) is 13.2 Å². The van der Waals surface area contributed by atoms with Gasteiger partial charge in [0.25, 0.3) is 0 Å². The molecule has 6 heteroatoms. The third kappa shape index (κ3) is 60.0. The van der Waals surface area contributed by atoms with E-state index in [1.54, 1.807) is 0 Å². The molecule has 0 aliphatic rings. The van der Waals surface area contributed by atoms with Gasteiger partial charge in [0, 0.05) is 19.3 Å². The SMILES string of the molecule is CC/C=C\C/C=C\C/C=C\C/C=C\CCCCCCCCCCCCCCCCCCCCC(=O)OCC(COC(=O)CC/C=C\C/C=C\C/C=C\C/C=C\CC)OC(=O)CC/C=C\C/C=C\C/C=C\C/C=C\CC. The summed E-state index contributed by atoms with van der Waals surface area (Å²) in [6.07, 6.45) is 89.0. The summed E-state index contributed by atoms with van der Waals surface area (Å²) < 4.78 is 16.7. The number of carbonyl (C=O) groups is 3. The van der Waals surface area contributed by atoms with Gasteiger partial charge in [0.2, 0.25) is 0 Å². The number of ether oxygens (including phenoxy) is 3. The van der Waals surface area contributed by atoms with Crippen molar-refractivity contribution in [2.24, 2.45) is 0 Å². The Labute approximate surface area is 461 Å². The van der Waals surface area contributed by atoms with Crippen molar-refractivity contribution in [2.75, 3.05) is 13.2 Å². The highest BCUT2D eigenvalue weighted by atomic mass is 16.6. The topological polar surface area (TPSA) is 78.9 Å². The Balaban J connectivity index is 4.24. The van der Waals surface area contributed by atoms with Crippen LogP contribution in [-0.4, -0.2) is 37.2 Å². The lowest BCUT2D eigenvalue weighted by Crippen LogP contribution is -2.30. The molecule has 0 bridgehead atoms. The number of allylic oxidation sites excluding steroid dienone is 24. The number of rotatable bonds is 53. The Kier molecular flexibility index (Phi) is 58.0. The van der Waals surface area contributed by atoms with E-state index in [2.05, 4.69) is 142 Å². The molecule has 0 fully saturated rings. The smallest absolute Gasteiger partial charge is 0.306 e. The van der Waals surface area contributed by atoms with Gasteiger partial charge < -0.3 is 14.2 Å². The fourth-order valence-electron chi connectivity index (χ4n) is 7.93. The second kappa shape index (κ2) is 61.8. The van der Waals surface area contributed by atoms with Crippen molar-refractivity contribution < 1.29 is 28.6 Å². The molecule has 0 amide bonds. The van der Waals surface area contributed by atoms with Gasteiger partial charge in [-0.2, -0.15) is 0 Å². The number of unbranched alkanes of at least 4 members (excludes halogenated alkanes) is 18. The standard InChI is InChI=1S/C69H110O6/c1-4-7-10-13-16-19-22-25-26-27-28-29-30-31-32-33-34-35-36-37-38-39-40-41-42-45-47-50-53-56-59-62-68(71)74-65-66(75-69(72)63-60-57-54-51-48-44-24-21-18-15-12-9-6-3)64-73-67(70)61-58-55-52-49-46-43-23-20-17-14-11-8-5-2/h7-12,16-21,25-26,28-29,43-44,46,48,52,54-55,57,66H,4-6,13-15,22-24,27,30-42,45,47,49-51,53,56,58-65H2,1-3H3/b10-7-,11-8-,12-9-,19-16-,20-17-,21-18-,26-25-,29-28-,46-43-,48-44-,55-52-,57-54-. The first-order valence-corrected chi connectivity index (χ1v) is 30.3. The first-order valence-electron chi connectivity index (χ1n) is 30.3. The van der Waals surface area contributed by atoms with Crippen LogP contribution in [0, 0.1) is 0 Å². The zero-order valence-electron chi connectivity index (χ0n) is 48.3. The molecule has 0 aliphatic carbocycles. The summed E-state index contributed by atoms with van der Waals surface area (Å²) in [4.78, 5) is 38.0. The van der Waals surface area contributed by atoms with Crippen LogP contribution in [-0.2, 0) is 28.6 Å². The number of hydrogen-bond donors (Lipinski definition) is 0. The fraction of sp³-hybridized carbons (Fsp3) is 0.609. The van der Waals surface area contributed by atoms with E-state index in [0.717, 1.165) is 96.3 Å². The van der Waals surface area contributed by atoms with Crippen molar-refractivity contribution in [3.05, 3.63) is 146 Å². The quantitative estimate of drug-likeness (QED) is 0.0261. The van der Waals surface area contributed by atoms with Gasteiger partial charge in [-0.15, -0.1) is 0 Å². The highest BCUT2D eigenvalue weighted by molar-refractivity contribution is 5.71. The van der Waals surface area contributed by atoms with E-state index in [-0.39, 0.29) is 38.0 Å². The minimum absolute atomic E-state index is 0.132. The molecule has 0 spiro atoms. The van der Waals surface area contributed by atoms with Gasteiger partial charge in [0.15, 0.2) is 6.10 Å². The summed E-state index contributed by atoms with van der Waals surface area (Å²) in [5.74, 6) is -1.10. The lowest BCUT2D eigenvalue weighted by molar-refractivity contribution is -0.166. The molecule has 0 heterocycles. The van der Waals surface area contributed by atoms with Crippen molar-refractivity contribution in [2.45, 2.75) is 258 Å². The Morgan fingerprint density at radius 2 is 0.507 bits per heavy atom. The van der Waals surface area contributed by atoms with E-state index >= 15 is 0 Å². The first-order chi connectivity index (χ1) is 37.0. The van der Waals surface area contributed by atoms with Crippen LogP contribution in [0.2, 0.25) is 0 Å². The Morgan fingerprint density at radius 1 is 0.267 bits per heavy atom. The zero-order chi connectivity index (χ0) is 54.3. The molecular formula is C69H110O6. The molecular weight excluding hydrogens is 925 g/mol. The van der Waals surface area contributed by atoms with E-state index in [0.29, 0.717) is 19.3 Å². The van der Waals surface area contributed by atoms with E-state index < -0.39 is 12.1 Å². The minimum atomic E-state index is -0.849. The lowest BCUT2D eigenvalue weighted by atomic mass is 10.0. The monoisotopic (exact) mass is 1030 g/mol. The summed E-state index contributed by atoms with van der Waals surface area (Å²) in [5.41, 5.74) is 0. The maximum Gasteiger partial charge on any atom is 0.306 e. The summed E-state index contributed by atoms with van der Waals surface area (Å²) in [5, 5.41) is 0. The maximum atomic E-state index is 12.8. The maximum absolute atomic E-state index is 12.8. The summed E-state index contributed by atoms with van der Waals surface area (Å²) in [6, 6.07) is 0. The second-order valence-corrected chi connectivity index (χ2v) is 19.5. The van der Waals surface area contributed by atoms with Gasteiger partial charge in [-0.05, 0) is 109 Å².